The molecule has 5 nitrogen and oxygen atoms in total. The quantitative estimate of drug-likeness (QED) is 0.413. The standard InChI is InChI=1S/C4H8N4O/c5-4(9)3-8-2-1-6-7-8/h1-2,6-7H,3H2,(H2,5,9). The molecule has 0 bridgehead atoms. The van der Waals surface area contributed by atoms with Crippen LogP contribution in [-0.2, 0) is 4.79 Å². The second kappa shape index (κ2) is 2.36. The summed E-state index contributed by atoms with van der Waals surface area (Å²) in [4.78, 5) is 10.2. The predicted molar refractivity (Wildman–Crippen MR) is 31.3 cm³/mol. The number of hydrogen-bond donors (Lipinski definition) is 3. The van der Waals surface area contributed by atoms with Gasteiger partial charge in [0.25, 0.3) is 0 Å². The fourth-order valence-corrected chi connectivity index (χ4v) is 0.545. The molecule has 0 saturated heterocycles. The Morgan fingerprint density at radius 1 is 1.78 bits per heavy atom. The van der Waals surface area contributed by atoms with E-state index >= 15 is 0 Å². The molecule has 0 aromatic rings. The zero-order valence-electron chi connectivity index (χ0n) is 4.79. The summed E-state index contributed by atoms with van der Waals surface area (Å²) in [7, 11) is 0. The lowest BCUT2D eigenvalue weighted by Gasteiger charge is -2.11. The average molecular weight is 128 g/mol. The van der Waals surface area contributed by atoms with Crippen molar-refractivity contribution in [2.24, 2.45) is 5.73 Å². The fraction of sp³-hybridized carbons (Fsp3) is 0.250. The third-order valence-corrected chi connectivity index (χ3v) is 0.872. The van der Waals surface area contributed by atoms with Crippen LogP contribution in [0.3, 0.4) is 0 Å². The highest BCUT2D eigenvalue weighted by atomic mass is 16.1. The van der Waals surface area contributed by atoms with E-state index in [0.29, 0.717) is 0 Å². The first-order chi connectivity index (χ1) is 4.29. The number of carbonyl (C=O) groups is 1. The minimum atomic E-state index is -0.365. The van der Waals surface area contributed by atoms with Gasteiger partial charge in [0.05, 0.1) is 0 Å². The Labute approximate surface area is 52.4 Å². The highest BCUT2D eigenvalue weighted by Gasteiger charge is 2.03. The molecule has 0 aromatic carbocycles. The first-order valence-corrected chi connectivity index (χ1v) is 2.52. The smallest absolute Gasteiger partial charge is 0.238 e. The molecule has 0 fully saturated rings. The van der Waals surface area contributed by atoms with Crippen LogP contribution >= 0.6 is 0 Å². The molecular weight excluding hydrogens is 120 g/mol. The fourth-order valence-electron chi connectivity index (χ4n) is 0.545. The van der Waals surface area contributed by atoms with Crippen LogP contribution in [0.5, 0.6) is 0 Å². The van der Waals surface area contributed by atoms with Gasteiger partial charge in [-0.25, -0.2) is 0 Å². The first-order valence-electron chi connectivity index (χ1n) is 2.52. The van der Waals surface area contributed by atoms with E-state index in [4.69, 9.17) is 5.73 Å². The van der Waals surface area contributed by atoms with E-state index in [1.807, 2.05) is 0 Å². The summed E-state index contributed by atoms with van der Waals surface area (Å²) in [6, 6.07) is 0. The molecule has 0 radical (unpaired) electrons. The van der Waals surface area contributed by atoms with Crippen LogP contribution in [0.25, 0.3) is 0 Å². The topological polar surface area (TPSA) is 70.4 Å². The first kappa shape index (κ1) is 5.90. The maximum absolute atomic E-state index is 10.2. The molecule has 1 heterocycles. The van der Waals surface area contributed by atoms with Crippen LogP contribution in [0.2, 0.25) is 0 Å². The molecule has 0 unspecified atom stereocenters. The second-order valence-corrected chi connectivity index (χ2v) is 1.67. The molecule has 0 saturated carbocycles. The van der Waals surface area contributed by atoms with Gasteiger partial charge >= 0.3 is 0 Å². The number of primary amides is 1. The van der Waals surface area contributed by atoms with Gasteiger partial charge in [-0.05, 0) is 0 Å². The van der Waals surface area contributed by atoms with E-state index in [9.17, 15) is 4.79 Å². The molecule has 1 aliphatic rings. The number of nitrogens with two attached hydrogens (primary N) is 1. The predicted octanol–water partition coefficient (Wildman–Crippen LogP) is -1.73. The molecule has 50 valence electrons. The monoisotopic (exact) mass is 128 g/mol. The molecule has 0 spiro atoms. The van der Waals surface area contributed by atoms with Gasteiger partial charge in [-0.3, -0.25) is 9.80 Å². The third-order valence-electron chi connectivity index (χ3n) is 0.872. The summed E-state index contributed by atoms with van der Waals surface area (Å²) in [5.41, 5.74) is 10.2. The molecule has 1 rings (SSSR count). The van der Waals surface area contributed by atoms with E-state index < -0.39 is 0 Å². The van der Waals surface area contributed by atoms with E-state index in [2.05, 4.69) is 11.0 Å². The van der Waals surface area contributed by atoms with Gasteiger partial charge in [0.2, 0.25) is 5.91 Å². The van der Waals surface area contributed by atoms with Gasteiger partial charge in [-0.15, -0.1) is 5.53 Å². The van der Waals surface area contributed by atoms with Gasteiger partial charge in [-0.1, -0.05) is 0 Å². The van der Waals surface area contributed by atoms with Crippen molar-refractivity contribution in [3.8, 4) is 0 Å². The minimum absolute atomic E-state index is 0.184. The number of rotatable bonds is 2. The van der Waals surface area contributed by atoms with Gasteiger partial charge in [0.15, 0.2) is 0 Å². The van der Waals surface area contributed by atoms with E-state index in [-0.39, 0.29) is 12.5 Å². The van der Waals surface area contributed by atoms with Crippen LogP contribution in [0.15, 0.2) is 12.4 Å². The third kappa shape index (κ3) is 1.61. The van der Waals surface area contributed by atoms with Gasteiger partial charge < -0.3 is 11.2 Å². The van der Waals surface area contributed by atoms with Crippen molar-refractivity contribution in [3.05, 3.63) is 12.4 Å². The largest absolute Gasteiger partial charge is 0.368 e. The van der Waals surface area contributed by atoms with Crippen molar-refractivity contribution >= 4 is 5.91 Å². The van der Waals surface area contributed by atoms with Gasteiger partial charge in [0, 0.05) is 12.4 Å². The number of nitrogens with zero attached hydrogens (tertiary/aromatic N) is 1. The highest BCUT2D eigenvalue weighted by molar-refractivity contribution is 5.76. The molecular formula is C4H8N4O. The molecule has 5 heteroatoms. The van der Waals surface area contributed by atoms with Crippen molar-refractivity contribution in [2.45, 2.75) is 0 Å². The summed E-state index contributed by atoms with van der Waals surface area (Å²) in [5.74, 6) is -0.365. The number of nitrogens with one attached hydrogen (secondary N) is 2. The van der Waals surface area contributed by atoms with Crippen molar-refractivity contribution in [3.63, 3.8) is 0 Å². The van der Waals surface area contributed by atoms with Gasteiger partial charge in [0.1, 0.15) is 6.54 Å². The Hall–Kier alpha value is -1.23. The summed E-state index contributed by atoms with van der Waals surface area (Å²) in [6.45, 7) is 0.184. The highest BCUT2D eigenvalue weighted by Crippen LogP contribution is 1.85. The number of carbonyl (C=O) groups excluding carboxylic acids is 1. The number of hydrogen-bond acceptors (Lipinski definition) is 4. The van der Waals surface area contributed by atoms with Crippen molar-refractivity contribution in [1.82, 2.24) is 16.0 Å². The molecule has 0 atom stereocenters. The molecule has 0 aromatic heterocycles. The Morgan fingerprint density at radius 3 is 3.00 bits per heavy atom. The van der Waals surface area contributed by atoms with Crippen LogP contribution in [-0.4, -0.2) is 17.5 Å². The summed E-state index contributed by atoms with van der Waals surface area (Å²) < 4.78 is 0. The molecule has 1 aliphatic heterocycles. The zero-order chi connectivity index (χ0) is 6.69. The van der Waals surface area contributed by atoms with Crippen molar-refractivity contribution in [2.75, 3.05) is 6.54 Å². The SMILES string of the molecule is NC(=O)CN1C=CNN1. The lowest BCUT2D eigenvalue weighted by atomic mass is 10.6. The average Bonchev–Trinajstić information content (AvgIpc) is 2.15. The number of hydrazine groups is 2. The number of amides is 1. The van der Waals surface area contributed by atoms with Crippen LogP contribution in [0.4, 0.5) is 0 Å². The molecule has 1 amide bonds. The zero-order valence-corrected chi connectivity index (χ0v) is 4.79. The van der Waals surface area contributed by atoms with Crippen LogP contribution < -0.4 is 16.7 Å². The van der Waals surface area contributed by atoms with Crippen LogP contribution in [0.1, 0.15) is 0 Å². The van der Waals surface area contributed by atoms with E-state index in [0.717, 1.165) is 0 Å². The Balaban J connectivity index is 2.28. The molecule has 0 aliphatic carbocycles. The van der Waals surface area contributed by atoms with Crippen molar-refractivity contribution < 1.29 is 4.79 Å². The maximum atomic E-state index is 10.2. The molecule has 9 heavy (non-hydrogen) atoms. The van der Waals surface area contributed by atoms with Crippen molar-refractivity contribution in [1.29, 1.82) is 0 Å². The minimum Gasteiger partial charge on any atom is -0.368 e. The van der Waals surface area contributed by atoms with Gasteiger partial charge in [-0.2, -0.15) is 0 Å². The maximum Gasteiger partial charge on any atom is 0.238 e. The lowest BCUT2D eigenvalue weighted by molar-refractivity contribution is -0.119. The van der Waals surface area contributed by atoms with Crippen LogP contribution in [0, 0.1) is 0 Å². The van der Waals surface area contributed by atoms with E-state index in [1.165, 1.54) is 0 Å². The Kier molecular flexibility index (Phi) is 1.55. The summed E-state index contributed by atoms with van der Waals surface area (Å²) in [6.07, 6.45) is 3.35. The Bertz CT molecular complexity index is 144. The normalized spacial score (nSPS) is 15.8. The summed E-state index contributed by atoms with van der Waals surface area (Å²) in [5, 5.41) is 1.54. The summed E-state index contributed by atoms with van der Waals surface area (Å²) >= 11 is 0. The van der Waals surface area contributed by atoms with E-state index in [1.54, 1.807) is 17.4 Å². The molecule has 4 N–H and O–H groups in total. The Morgan fingerprint density at radius 2 is 2.56 bits per heavy atom. The second-order valence-electron chi connectivity index (χ2n) is 1.67. The lowest BCUT2D eigenvalue weighted by Crippen LogP contribution is -2.40.